The molecule has 236 valence electrons. The molecule has 1 aliphatic rings. The Labute approximate surface area is 260 Å². The fraction of sp³-hybridized carbons (Fsp3) is 0.172. The Kier molecular flexibility index (Phi) is 9.48. The summed E-state index contributed by atoms with van der Waals surface area (Å²) in [5.41, 5.74) is -4.00. The summed E-state index contributed by atoms with van der Waals surface area (Å²) in [4.78, 5) is 37.6. The van der Waals surface area contributed by atoms with Crippen LogP contribution >= 0.6 is 24.0 Å². The number of halogens is 6. The van der Waals surface area contributed by atoms with Gasteiger partial charge in [0.25, 0.3) is 5.91 Å². The van der Waals surface area contributed by atoms with E-state index < -0.39 is 58.1 Å². The summed E-state index contributed by atoms with van der Waals surface area (Å²) in [6.45, 7) is -0.152. The monoisotopic (exact) mass is 670 g/mol. The van der Waals surface area contributed by atoms with Crippen molar-refractivity contribution in [2.45, 2.75) is 18.8 Å². The largest absolute Gasteiger partial charge is 0.507 e. The highest BCUT2D eigenvalue weighted by molar-refractivity contribution is 8.26. The van der Waals surface area contributed by atoms with Crippen molar-refractivity contribution >= 4 is 57.8 Å². The molecule has 0 bridgehead atoms. The van der Waals surface area contributed by atoms with Crippen molar-refractivity contribution in [2.24, 2.45) is 0 Å². The van der Waals surface area contributed by atoms with Crippen LogP contribution in [-0.2, 0) is 21.9 Å². The van der Waals surface area contributed by atoms with E-state index in [0.717, 1.165) is 28.8 Å². The van der Waals surface area contributed by atoms with Crippen LogP contribution in [0.2, 0.25) is 0 Å². The second kappa shape index (κ2) is 12.8. The normalized spacial score (nSPS) is 14.6. The molecule has 1 fully saturated rings. The number of aromatic hydroxyl groups is 1. The Morgan fingerprint density at radius 1 is 1.00 bits per heavy atom. The first kappa shape index (κ1) is 33.3. The maximum atomic E-state index is 13.5. The molecule has 1 aliphatic heterocycles. The highest BCUT2D eigenvalue weighted by Crippen LogP contribution is 2.44. The SMILES string of the molecule is COc1cc(C=C2SC(=S)N(CCC(=O)Nc3ccc(C(=O)O)cc3)C2=O)c(O)c(-c2cc(C(F)(F)F)cc(C(F)(F)F)c2)c1. The number of aromatic carboxylic acids is 1. The third-order valence-electron chi connectivity index (χ3n) is 6.39. The standard InChI is InChI=1S/C29H20F6N2O6S2/c1-43-20-10-16(24(39)21(13-20)15-8-17(28(30,31)32)12-18(9-15)29(33,34)35)11-22-25(40)37(27(44)45-22)7-6-23(38)36-19-4-2-14(3-5-19)26(41)42/h2-5,8-13,39H,6-7H2,1H3,(H,36,38)(H,41,42). The zero-order chi connectivity index (χ0) is 33.3. The molecular formula is C29H20F6N2O6S2. The number of hydrogen-bond acceptors (Lipinski definition) is 7. The number of rotatable bonds is 8. The predicted octanol–water partition coefficient (Wildman–Crippen LogP) is 7.03. The molecule has 3 aromatic carbocycles. The van der Waals surface area contributed by atoms with Crippen LogP contribution in [0.3, 0.4) is 0 Å². The van der Waals surface area contributed by atoms with Gasteiger partial charge in [-0.2, -0.15) is 26.3 Å². The lowest BCUT2D eigenvalue weighted by atomic mass is 9.96. The number of nitrogens with one attached hydrogen (secondary N) is 1. The van der Waals surface area contributed by atoms with E-state index in [-0.39, 0.29) is 45.1 Å². The maximum absolute atomic E-state index is 13.5. The van der Waals surface area contributed by atoms with Gasteiger partial charge in [-0.25, -0.2) is 4.79 Å². The lowest BCUT2D eigenvalue weighted by Gasteiger charge is -2.16. The van der Waals surface area contributed by atoms with E-state index in [0.29, 0.717) is 17.8 Å². The Balaban J connectivity index is 1.59. The molecule has 3 aromatic rings. The molecule has 1 saturated heterocycles. The summed E-state index contributed by atoms with van der Waals surface area (Å²) in [5, 5.41) is 22.5. The minimum absolute atomic E-state index is 0.0208. The molecule has 0 atom stereocenters. The van der Waals surface area contributed by atoms with Crippen LogP contribution < -0.4 is 10.1 Å². The van der Waals surface area contributed by atoms with Crippen molar-refractivity contribution in [3.8, 4) is 22.6 Å². The number of carboxylic acid groups (broad SMARTS) is 1. The van der Waals surface area contributed by atoms with Gasteiger partial charge >= 0.3 is 18.3 Å². The minimum atomic E-state index is -5.12. The zero-order valence-corrected chi connectivity index (χ0v) is 24.4. The molecule has 45 heavy (non-hydrogen) atoms. The summed E-state index contributed by atoms with van der Waals surface area (Å²) >= 11 is 6.06. The number of carbonyl (C=O) groups excluding carboxylic acids is 2. The van der Waals surface area contributed by atoms with E-state index in [9.17, 15) is 45.8 Å². The third-order valence-corrected chi connectivity index (χ3v) is 7.76. The first-order chi connectivity index (χ1) is 21.0. The Morgan fingerprint density at radius 2 is 1.60 bits per heavy atom. The lowest BCUT2D eigenvalue weighted by molar-refractivity contribution is -0.143. The Morgan fingerprint density at radius 3 is 2.13 bits per heavy atom. The van der Waals surface area contributed by atoms with Crippen LogP contribution in [0.25, 0.3) is 17.2 Å². The van der Waals surface area contributed by atoms with E-state index in [1.165, 1.54) is 37.4 Å². The molecule has 0 saturated carbocycles. The average Bonchev–Trinajstić information content (AvgIpc) is 3.23. The van der Waals surface area contributed by atoms with E-state index in [1.54, 1.807) is 0 Å². The second-order valence-corrected chi connectivity index (χ2v) is 11.1. The van der Waals surface area contributed by atoms with Crippen molar-refractivity contribution in [1.82, 2.24) is 4.90 Å². The predicted molar refractivity (Wildman–Crippen MR) is 157 cm³/mol. The number of nitrogens with zero attached hydrogens (tertiary/aromatic N) is 1. The molecular weight excluding hydrogens is 650 g/mol. The molecule has 0 aliphatic carbocycles. The molecule has 0 aromatic heterocycles. The van der Waals surface area contributed by atoms with Gasteiger partial charge in [0.15, 0.2) is 0 Å². The fourth-order valence-corrected chi connectivity index (χ4v) is 5.45. The molecule has 0 radical (unpaired) electrons. The molecule has 8 nitrogen and oxygen atoms in total. The van der Waals surface area contributed by atoms with Crippen LogP contribution in [0.4, 0.5) is 32.0 Å². The number of thioether (sulfide) groups is 1. The van der Waals surface area contributed by atoms with Crippen molar-refractivity contribution in [2.75, 3.05) is 19.0 Å². The molecule has 1 heterocycles. The Hall–Kier alpha value is -4.57. The summed E-state index contributed by atoms with van der Waals surface area (Å²) in [6.07, 6.45) is -9.29. The van der Waals surface area contributed by atoms with E-state index >= 15 is 0 Å². The smallest absolute Gasteiger partial charge is 0.416 e. The highest BCUT2D eigenvalue weighted by Gasteiger charge is 2.37. The van der Waals surface area contributed by atoms with Gasteiger partial charge in [0, 0.05) is 29.8 Å². The maximum Gasteiger partial charge on any atom is 0.416 e. The van der Waals surface area contributed by atoms with Gasteiger partial charge < -0.3 is 20.3 Å². The van der Waals surface area contributed by atoms with Crippen molar-refractivity contribution < 1.29 is 55.7 Å². The molecule has 0 unspecified atom stereocenters. The summed E-state index contributed by atoms with van der Waals surface area (Å²) in [7, 11) is 1.19. The van der Waals surface area contributed by atoms with Crippen LogP contribution in [0, 0.1) is 0 Å². The van der Waals surface area contributed by atoms with Gasteiger partial charge in [-0.05, 0) is 66.2 Å². The third kappa shape index (κ3) is 7.75. The number of phenols is 1. The highest BCUT2D eigenvalue weighted by atomic mass is 32.2. The lowest BCUT2D eigenvalue weighted by Crippen LogP contribution is -2.31. The fourth-order valence-electron chi connectivity index (χ4n) is 4.15. The van der Waals surface area contributed by atoms with E-state index in [1.807, 2.05) is 0 Å². The van der Waals surface area contributed by atoms with Crippen LogP contribution in [0.5, 0.6) is 11.5 Å². The van der Waals surface area contributed by atoms with Gasteiger partial charge in [0.1, 0.15) is 15.8 Å². The van der Waals surface area contributed by atoms with Gasteiger partial charge in [-0.15, -0.1) is 0 Å². The average molecular weight is 671 g/mol. The first-order valence-electron chi connectivity index (χ1n) is 12.6. The zero-order valence-electron chi connectivity index (χ0n) is 22.7. The van der Waals surface area contributed by atoms with Crippen LogP contribution in [-0.4, -0.2) is 50.9 Å². The minimum Gasteiger partial charge on any atom is -0.507 e. The van der Waals surface area contributed by atoms with Gasteiger partial charge in [0.05, 0.1) is 28.7 Å². The van der Waals surface area contributed by atoms with E-state index in [2.05, 4.69) is 5.32 Å². The number of alkyl halides is 6. The number of hydrogen-bond donors (Lipinski definition) is 3. The number of methoxy groups -OCH3 is 1. The van der Waals surface area contributed by atoms with Crippen molar-refractivity contribution in [3.05, 3.63) is 81.8 Å². The summed E-state index contributed by atoms with van der Waals surface area (Å²) < 4.78 is 86.0. The summed E-state index contributed by atoms with van der Waals surface area (Å²) in [6, 6.07) is 8.54. The van der Waals surface area contributed by atoms with Gasteiger partial charge in [-0.1, -0.05) is 24.0 Å². The number of amides is 2. The van der Waals surface area contributed by atoms with Gasteiger partial charge in [-0.3, -0.25) is 14.5 Å². The molecule has 2 amide bonds. The number of anilines is 1. The quantitative estimate of drug-likeness (QED) is 0.133. The van der Waals surface area contributed by atoms with Crippen LogP contribution in [0.1, 0.15) is 33.5 Å². The molecule has 3 N–H and O–H groups in total. The Bertz CT molecular complexity index is 1690. The number of phenolic OH excluding ortho intramolecular Hbond substituents is 1. The van der Waals surface area contributed by atoms with Crippen molar-refractivity contribution in [1.29, 1.82) is 0 Å². The number of ether oxygens (including phenoxy) is 1. The molecule has 16 heteroatoms. The molecule has 0 spiro atoms. The van der Waals surface area contributed by atoms with Gasteiger partial charge in [0.2, 0.25) is 5.91 Å². The first-order valence-corrected chi connectivity index (χ1v) is 13.8. The van der Waals surface area contributed by atoms with Crippen molar-refractivity contribution in [3.63, 3.8) is 0 Å². The number of carbonyl (C=O) groups is 3. The number of thiocarbonyl (C=S) groups is 1. The molecule has 4 rings (SSSR count). The second-order valence-electron chi connectivity index (χ2n) is 9.42. The number of benzene rings is 3. The summed E-state index contributed by atoms with van der Waals surface area (Å²) in [5.74, 6) is -3.07. The van der Waals surface area contributed by atoms with E-state index in [4.69, 9.17) is 22.1 Å². The number of carboxylic acids is 1. The topological polar surface area (TPSA) is 116 Å². The van der Waals surface area contributed by atoms with Crippen LogP contribution in [0.15, 0.2) is 59.5 Å².